The smallest absolute Gasteiger partial charge is 0.211 e. The van der Waals surface area contributed by atoms with E-state index in [4.69, 9.17) is 11.5 Å². The van der Waals surface area contributed by atoms with Crippen LogP contribution in [0.1, 0.15) is 6.92 Å². The van der Waals surface area contributed by atoms with Gasteiger partial charge in [-0.1, -0.05) is 6.58 Å². The van der Waals surface area contributed by atoms with Crippen LogP contribution in [0.15, 0.2) is 28.6 Å². The van der Waals surface area contributed by atoms with Gasteiger partial charge >= 0.3 is 0 Å². The van der Waals surface area contributed by atoms with Crippen LogP contribution in [0.2, 0.25) is 0 Å². The molecule has 0 radical (unpaired) electrons. The average molecular weight is 138 g/mol. The number of nitrogens with two attached hydrogens (primary N) is 2. The van der Waals surface area contributed by atoms with Gasteiger partial charge in [-0.25, -0.2) is 0 Å². The van der Waals surface area contributed by atoms with E-state index in [1.807, 2.05) is 0 Å². The Bertz CT molecular complexity index is 204. The summed E-state index contributed by atoms with van der Waals surface area (Å²) in [6.07, 6.45) is 1.58. The third-order valence-corrected chi connectivity index (χ3v) is 0.634. The highest BCUT2D eigenvalue weighted by molar-refractivity contribution is 5.92. The molecule has 0 saturated heterocycles. The summed E-state index contributed by atoms with van der Waals surface area (Å²) in [5, 5.41) is 7.01. The topological polar surface area (TPSA) is 76.8 Å². The quantitative estimate of drug-likeness (QED) is 0.243. The lowest BCUT2D eigenvalue weighted by molar-refractivity contribution is 1.20. The molecule has 0 aliphatic carbocycles. The molecule has 0 saturated carbocycles. The van der Waals surface area contributed by atoms with Crippen molar-refractivity contribution in [2.45, 2.75) is 6.92 Å². The molecule has 4 nitrogen and oxygen atoms in total. The highest BCUT2D eigenvalue weighted by Gasteiger charge is 1.79. The summed E-state index contributed by atoms with van der Waals surface area (Å²) in [6.45, 7) is 5.10. The minimum absolute atomic E-state index is 0.0585. The Kier molecular flexibility index (Phi) is 3.68. The molecule has 4 heteroatoms. The maximum absolute atomic E-state index is 5.01. The predicted octanol–water partition coefficient (Wildman–Crippen LogP) is -0.0232. The molecule has 0 bridgehead atoms. The zero-order valence-corrected chi connectivity index (χ0v) is 5.83. The van der Waals surface area contributed by atoms with Crippen LogP contribution in [0.3, 0.4) is 0 Å². The zero-order valence-electron chi connectivity index (χ0n) is 5.83. The van der Waals surface area contributed by atoms with Crippen molar-refractivity contribution in [3.05, 3.63) is 18.4 Å². The van der Waals surface area contributed by atoms with Gasteiger partial charge in [0, 0.05) is 6.08 Å². The summed E-state index contributed by atoms with van der Waals surface area (Å²) < 4.78 is 0. The highest BCUT2D eigenvalue weighted by atomic mass is 15.3. The van der Waals surface area contributed by atoms with Crippen LogP contribution in [0, 0.1) is 0 Å². The van der Waals surface area contributed by atoms with Gasteiger partial charge in [-0.05, 0) is 6.92 Å². The first-order valence-electron chi connectivity index (χ1n) is 2.66. The molecule has 0 spiro atoms. The second kappa shape index (κ2) is 4.35. The van der Waals surface area contributed by atoms with E-state index >= 15 is 0 Å². The average Bonchev–Trinajstić information content (AvgIpc) is 1.85. The fourth-order valence-corrected chi connectivity index (χ4v) is 0.313. The number of rotatable bonds is 2. The molecule has 0 heterocycles. The van der Waals surface area contributed by atoms with Gasteiger partial charge in [-0.3, -0.25) is 0 Å². The van der Waals surface area contributed by atoms with Crippen LogP contribution >= 0.6 is 0 Å². The molecular weight excluding hydrogens is 128 g/mol. The van der Waals surface area contributed by atoms with Gasteiger partial charge in [-0.2, -0.15) is 5.10 Å². The van der Waals surface area contributed by atoms with Crippen molar-refractivity contribution in [3.63, 3.8) is 0 Å². The standard InChI is InChI=1S/C6H10N4/c1-3-4-5(2)9-10-6(7)8/h4H,1H2,2H3,(H4,7,8,10). The summed E-state index contributed by atoms with van der Waals surface area (Å²) in [4.78, 5) is 0. The van der Waals surface area contributed by atoms with E-state index in [-0.39, 0.29) is 5.96 Å². The molecule has 54 valence electrons. The fraction of sp³-hybridized carbons (Fsp3) is 0.167. The zero-order chi connectivity index (χ0) is 7.98. The van der Waals surface area contributed by atoms with E-state index in [0.717, 1.165) is 0 Å². The van der Waals surface area contributed by atoms with Crippen molar-refractivity contribution in [3.8, 4) is 0 Å². The Morgan fingerprint density at radius 2 is 2.10 bits per heavy atom. The van der Waals surface area contributed by atoms with Crippen molar-refractivity contribution < 1.29 is 0 Å². The second-order valence-electron chi connectivity index (χ2n) is 1.61. The van der Waals surface area contributed by atoms with E-state index < -0.39 is 0 Å². The molecule has 0 aromatic carbocycles. The van der Waals surface area contributed by atoms with Gasteiger partial charge in [0.05, 0.1) is 5.71 Å². The Morgan fingerprint density at radius 1 is 1.50 bits per heavy atom. The Hall–Kier alpha value is -1.54. The van der Waals surface area contributed by atoms with Gasteiger partial charge in [0.2, 0.25) is 5.96 Å². The van der Waals surface area contributed by atoms with Crippen LogP contribution in [-0.4, -0.2) is 11.7 Å². The molecular formula is C6H10N4. The summed E-state index contributed by atoms with van der Waals surface area (Å²) in [6, 6.07) is 0. The number of allylic oxidation sites excluding steroid dienone is 1. The SMILES string of the molecule is C=C=CC(C)=NN=C(N)N. The first-order chi connectivity index (χ1) is 4.66. The molecule has 0 aliphatic rings. The first-order valence-corrected chi connectivity index (χ1v) is 2.66. The maximum Gasteiger partial charge on any atom is 0.211 e. The van der Waals surface area contributed by atoms with Crippen LogP contribution in [-0.2, 0) is 0 Å². The monoisotopic (exact) mass is 138 g/mol. The summed E-state index contributed by atoms with van der Waals surface area (Å²) in [5.41, 5.74) is 13.2. The van der Waals surface area contributed by atoms with Gasteiger partial charge in [-0.15, -0.1) is 10.8 Å². The lowest BCUT2D eigenvalue weighted by atomic mass is 10.4. The molecule has 0 aromatic rings. The van der Waals surface area contributed by atoms with Gasteiger partial charge in [0.1, 0.15) is 0 Å². The van der Waals surface area contributed by atoms with E-state index in [1.165, 1.54) is 0 Å². The molecule has 0 aliphatic heterocycles. The Labute approximate surface area is 59.6 Å². The molecule has 0 amide bonds. The normalized spacial score (nSPS) is 9.90. The van der Waals surface area contributed by atoms with Gasteiger partial charge < -0.3 is 11.5 Å². The van der Waals surface area contributed by atoms with Crippen molar-refractivity contribution in [1.82, 2.24) is 0 Å². The minimum Gasteiger partial charge on any atom is -0.369 e. The molecule has 0 fully saturated rings. The Balaban J connectivity index is 4.18. The van der Waals surface area contributed by atoms with Crippen molar-refractivity contribution in [1.29, 1.82) is 0 Å². The third kappa shape index (κ3) is 4.61. The van der Waals surface area contributed by atoms with Gasteiger partial charge in [0.25, 0.3) is 0 Å². The molecule has 0 rings (SSSR count). The summed E-state index contributed by atoms with van der Waals surface area (Å²) in [7, 11) is 0. The predicted molar refractivity (Wildman–Crippen MR) is 42.6 cm³/mol. The maximum atomic E-state index is 5.01. The number of nitrogens with zero attached hydrogens (tertiary/aromatic N) is 2. The largest absolute Gasteiger partial charge is 0.369 e. The van der Waals surface area contributed by atoms with E-state index in [9.17, 15) is 0 Å². The highest BCUT2D eigenvalue weighted by Crippen LogP contribution is 1.78. The van der Waals surface area contributed by atoms with E-state index in [1.54, 1.807) is 13.0 Å². The number of hydrogen-bond acceptors (Lipinski definition) is 2. The van der Waals surface area contributed by atoms with E-state index in [2.05, 4.69) is 22.5 Å². The molecule has 0 unspecified atom stereocenters. The molecule has 0 atom stereocenters. The van der Waals surface area contributed by atoms with Crippen molar-refractivity contribution in [2.75, 3.05) is 0 Å². The fourth-order valence-electron chi connectivity index (χ4n) is 0.313. The lowest BCUT2D eigenvalue weighted by Gasteiger charge is -1.84. The van der Waals surface area contributed by atoms with Crippen LogP contribution < -0.4 is 11.5 Å². The third-order valence-electron chi connectivity index (χ3n) is 0.634. The van der Waals surface area contributed by atoms with E-state index in [0.29, 0.717) is 5.71 Å². The number of guanidine groups is 1. The summed E-state index contributed by atoms with van der Waals surface area (Å²) >= 11 is 0. The first kappa shape index (κ1) is 8.46. The lowest BCUT2D eigenvalue weighted by Crippen LogP contribution is -2.21. The van der Waals surface area contributed by atoms with Crippen LogP contribution in [0.25, 0.3) is 0 Å². The number of hydrogen-bond donors (Lipinski definition) is 2. The van der Waals surface area contributed by atoms with Crippen molar-refractivity contribution in [2.24, 2.45) is 21.7 Å². The molecule has 0 aromatic heterocycles. The Morgan fingerprint density at radius 3 is 2.50 bits per heavy atom. The van der Waals surface area contributed by atoms with Crippen LogP contribution in [0.4, 0.5) is 0 Å². The summed E-state index contributed by atoms with van der Waals surface area (Å²) in [5.74, 6) is -0.0585. The van der Waals surface area contributed by atoms with Gasteiger partial charge in [0.15, 0.2) is 0 Å². The van der Waals surface area contributed by atoms with Crippen molar-refractivity contribution >= 4 is 11.7 Å². The molecule has 10 heavy (non-hydrogen) atoms. The second-order valence-corrected chi connectivity index (χ2v) is 1.61. The van der Waals surface area contributed by atoms with Crippen LogP contribution in [0.5, 0.6) is 0 Å². The minimum atomic E-state index is -0.0585. The molecule has 4 N–H and O–H groups in total.